The number of hydrogen-bond acceptors (Lipinski definition) is 6. The third-order valence-electron chi connectivity index (χ3n) is 3.65. The average Bonchev–Trinajstić information content (AvgIpc) is 3.04. The zero-order valence-corrected chi connectivity index (χ0v) is 12.8. The van der Waals surface area contributed by atoms with Crippen molar-refractivity contribution in [2.24, 2.45) is 0 Å². The predicted octanol–water partition coefficient (Wildman–Crippen LogP) is 1.76. The van der Waals surface area contributed by atoms with Crippen LogP contribution >= 0.6 is 0 Å². The summed E-state index contributed by atoms with van der Waals surface area (Å²) in [5.41, 5.74) is 0.972. The Hall–Kier alpha value is -2.83. The van der Waals surface area contributed by atoms with E-state index in [0.29, 0.717) is 23.6 Å². The average molecular weight is 316 g/mol. The number of nitrogens with zero attached hydrogens (tertiary/aromatic N) is 2. The molecule has 1 aromatic heterocycles. The number of fused-ring (bicyclic) bond motifs is 1. The molecule has 1 aliphatic heterocycles. The monoisotopic (exact) mass is 316 g/mol. The summed E-state index contributed by atoms with van der Waals surface area (Å²) in [4.78, 5) is 23.9. The lowest BCUT2D eigenvalue weighted by Crippen LogP contribution is -2.32. The number of carbonyl (C=O) groups excluding carboxylic acids is 1. The molecule has 120 valence electrons. The van der Waals surface area contributed by atoms with Crippen molar-refractivity contribution in [2.75, 3.05) is 13.9 Å². The van der Waals surface area contributed by atoms with Crippen LogP contribution in [-0.4, -0.2) is 29.7 Å². The summed E-state index contributed by atoms with van der Waals surface area (Å²) in [6.07, 6.45) is 0.407. The first-order chi connectivity index (χ1) is 11.1. The molecule has 0 spiro atoms. The molecule has 0 bridgehead atoms. The predicted molar refractivity (Wildman–Crippen MR) is 81.4 cm³/mol. The molecule has 7 nitrogen and oxygen atoms in total. The molecule has 0 saturated heterocycles. The molecule has 1 aliphatic rings. The van der Waals surface area contributed by atoms with Crippen molar-refractivity contribution in [1.82, 2.24) is 9.78 Å². The fourth-order valence-electron chi connectivity index (χ4n) is 2.43. The number of benzene rings is 1. The van der Waals surface area contributed by atoms with E-state index in [1.165, 1.54) is 13.2 Å². The Morgan fingerprint density at radius 2 is 2.09 bits per heavy atom. The van der Waals surface area contributed by atoms with Gasteiger partial charge in [0, 0.05) is 11.6 Å². The second-order valence-corrected chi connectivity index (χ2v) is 5.02. The normalized spacial score (nSPS) is 13.7. The summed E-state index contributed by atoms with van der Waals surface area (Å²) >= 11 is 0. The van der Waals surface area contributed by atoms with Crippen LogP contribution in [-0.2, 0) is 9.53 Å². The Bertz CT molecular complexity index is 799. The fraction of sp³-hybridized carbons (Fsp3) is 0.312. The third-order valence-corrected chi connectivity index (χ3v) is 3.65. The van der Waals surface area contributed by atoms with Crippen LogP contribution < -0.4 is 15.0 Å². The molecule has 0 amide bonds. The molecule has 1 aromatic carbocycles. The van der Waals surface area contributed by atoms with E-state index in [1.54, 1.807) is 25.1 Å². The number of carbonyl (C=O) groups is 1. The largest absolute Gasteiger partial charge is 0.467 e. The molecule has 3 rings (SSSR count). The topological polar surface area (TPSA) is 79.7 Å². The van der Waals surface area contributed by atoms with Gasteiger partial charge >= 0.3 is 5.97 Å². The molecule has 2 aromatic rings. The lowest BCUT2D eigenvalue weighted by molar-refractivity contribution is -0.145. The van der Waals surface area contributed by atoms with Gasteiger partial charge in [-0.25, -0.2) is 9.48 Å². The Kier molecular flexibility index (Phi) is 4.01. The number of hydrogen-bond donors (Lipinski definition) is 0. The second-order valence-electron chi connectivity index (χ2n) is 5.02. The summed E-state index contributed by atoms with van der Waals surface area (Å²) in [6, 6.07) is 7.65. The Morgan fingerprint density at radius 3 is 2.83 bits per heavy atom. The van der Waals surface area contributed by atoms with Gasteiger partial charge < -0.3 is 14.2 Å². The van der Waals surface area contributed by atoms with Gasteiger partial charge in [0.15, 0.2) is 17.5 Å². The summed E-state index contributed by atoms with van der Waals surface area (Å²) in [6.45, 7) is 1.98. The minimum atomic E-state index is -0.749. The zero-order valence-electron chi connectivity index (χ0n) is 12.8. The maximum atomic E-state index is 12.1. The van der Waals surface area contributed by atoms with Crippen LogP contribution in [0.2, 0.25) is 0 Å². The summed E-state index contributed by atoms with van der Waals surface area (Å²) in [5.74, 6) is 0.801. The number of aromatic nitrogens is 2. The van der Waals surface area contributed by atoms with Crippen LogP contribution in [0.5, 0.6) is 11.5 Å². The van der Waals surface area contributed by atoms with E-state index in [9.17, 15) is 9.59 Å². The van der Waals surface area contributed by atoms with Crippen molar-refractivity contribution in [2.45, 2.75) is 19.4 Å². The minimum absolute atomic E-state index is 0.186. The first-order valence-electron chi connectivity index (χ1n) is 7.21. The third kappa shape index (κ3) is 2.77. The quantitative estimate of drug-likeness (QED) is 0.800. The highest BCUT2D eigenvalue weighted by atomic mass is 16.7. The van der Waals surface area contributed by atoms with Crippen LogP contribution in [0.3, 0.4) is 0 Å². The van der Waals surface area contributed by atoms with E-state index in [-0.39, 0.29) is 12.4 Å². The van der Waals surface area contributed by atoms with Crippen LogP contribution in [0.1, 0.15) is 19.4 Å². The van der Waals surface area contributed by atoms with Crippen LogP contribution in [0.25, 0.3) is 11.3 Å². The maximum absolute atomic E-state index is 12.1. The van der Waals surface area contributed by atoms with E-state index >= 15 is 0 Å². The molecular formula is C16H16N2O5. The Balaban J connectivity index is 2.03. The van der Waals surface area contributed by atoms with E-state index in [2.05, 4.69) is 5.10 Å². The highest BCUT2D eigenvalue weighted by Gasteiger charge is 2.22. The minimum Gasteiger partial charge on any atom is -0.467 e. The molecule has 1 unspecified atom stereocenters. The molecule has 0 radical (unpaired) electrons. The lowest BCUT2D eigenvalue weighted by atomic mass is 10.1. The molecule has 0 saturated carbocycles. The van der Waals surface area contributed by atoms with Gasteiger partial charge in [-0.1, -0.05) is 6.92 Å². The highest BCUT2D eigenvalue weighted by molar-refractivity contribution is 5.74. The van der Waals surface area contributed by atoms with Gasteiger partial charge in [0.2, 0.25) is 6.79 Å². The van der Waals surface area contributed by atoms with Crippen LogP contribution in [0.15, 0.2) is 35.1 Å². The van der Waals surface area contributed by atoms with E-state index in [0.717, 1.165) is 10.2 Å². The van der Waals surface area contributed by atoms with Crippen LogP contribution in [0, 0.1) is 0 Å². The first kappa shape index (κ1) is 15.1. The summed E-state index contributed by atoms with van der Waals surface area (Å²) in [5, 5.41) is 4.32. The van der Waals surface area contributed by atoms with E-state index < -0.39 is 12.0 Å². The second kappa shape index (κ2) is 6.12. The van der Waals surface area contributed by atoms with Gasteiger partial charge in [-0.15, -0.1) is 0 Å². The molecule has 0 aliphatic carbocycles. The standard InChI is InChI=1S/C16H16N2O5/c1-3-12(16(20)21-2)18-15(19)7-5-11(17-18)10-4-6-13-14(8-10)23-9-22-13/h4-8,12H,3,9H2,1-2H3. The molecule has 7 heteroatoms. The van der Waals surface area contributed by atoms with Crippen molar-refractivity contribution < 1.29 is 19.0 Å². The smallest absolute Gasteiger partial charge is 0.330 e. The van der Waals surface area contributed by atoms with Gasteiger partial charge in [0.05, 0.1) is 12.8 Å². The fourth-order valence-corrected chi connectivity index (χ4v) is 2.43. The number of esters is 1. The van der Waals surface area contributed by atoms with Crippen molar-refractivity contribution in [3.63, 3.8) is 0 Å². The van der Waals surface area contributed by atoms with Crippen molar-refractivity contribution >= 4 is 5.97 Å². The van der Waals surface area contributed by atoms with Gasteiger partial charge in [-0.05, 0) is 30.7 Å². The van der Waals surface area contributed by atoms with Gasteiger partial charge in [0.1, 0.15) is 0 Å². The Morgan fingerprint density at radius 1 is 1.30 bits per heavy atom. The number of ether oxygens (including phenoxy) is 3. The Labute approximate surface area is 132 Å². The maximum Gasteiger partial charge on any atom is 0.330 e. The van der Waals surface area contributed by atoms with Crippen molar-refractivity contribution in [3.8, 4) is 22.8 Å². The molecule has 1 atom stereocenters. The van der Waals surface area contributed by atoms with Gasteiger partial charge in [0.25, 0.3) is 5.56 Å². The molecule has 23 heavy (non-hydrogen) atoms. The molecule has 0 N–H and O–H groups in total. The molecule has 2 heterocycles. The van der Waals surface area contributed by atoms with E-state index in [1.807, 2.05) is 6.07 Å². The molecule has 0 fully saturated rings. The van der Waals surface area contributed by atoms with Gasteiger partial charge in [-0.2, -0.15) is 5.10 Å². The van der Waals surface area contributed by atoms with E-state index in [4.69, 9.17) is 14.2 Å². The zero-order chi connectivity index (χ0) is 16.4. The molecular weight excluding hydrogens is 300 g/mol. The first-order valence-corrected chi connectivity index (χ1v) is 7.21. The number of rotatable bonds is 4. The van der Waals surface area contributed by atoms with Crippen LogP contribution in [0.4, 0.5) is 0 Å². The summed E-state index contributed by atoms with van der Waals surface area (Å²) < 4.78 is 16.5. The number of methoxy groups -OCH3 is 1. The highest BCUT2D eigenvalue weighted by Crippen LogP contribution is 2.35. The van der Waals surface area contributed by atoms with Crippen molar-refractivity contribution in [3.05, 3.63) is 40.7 Å². The lowest BCUT2D eigenvalue weighted by Gasteiger charge is -2.15. The SMILES string of the molecule is CCC(C(=O)OC)n1nc(-c2ccc3c(c2)OCO3)ccc1=O. The summed E-state index contributed by atoms with van der Waals surface area (Å²) in [7, 11) is 1.29. The van der Waals surface area contributed by atoms with Crippen molar-refractivity contribution in [1.29, 1.82) is 0 Å². The van der Waals surface area contributed by atoms with Gasteiger partial charge in [-0.3, -0.25) is 4.79 Å².